The van der Waals surface area contributed by atoms with Crippen LogP contribution in [0.1, 0.15) is 5.69 Å². The van der Waals surface area contributed by atoms with Crippen LogP contribution < -0.4 is 0 Å². The van der Waals surface area contributed by atoms with Crippen molar-refractivity contribution in [2.45, 2.75) is 6.92 Å². The lowest BCUT2D eigenvalue weighted by Gasteiger charge is -2.00. The maximum Gasteiger partial charge on any atom is 0.0718 e. The van der Waals surface area contributed by atoms with Crippen molar-refractivity contribution in [2.75, 3.05) is 0 Å². The molecule has 70 valence electrons. The van der Waals surface area contributed by atoms with E-state index in [9.17, 15) is 0 Å². The normalized spacial score (nSPS) is 10.1. The Labute approximate surface area is 91.2 Å². The van der Waals surface area contributed by atoms with Crippen molar-refractivity contribution in [1.82, 2.24) is 9.97 Å². The summed E-state index contributed by atoms with van der Waals surface area (Å²) in [6, 6.07) is 7.95. The quantitative estimate of drug-likeness (QED) is 0.775. The standard InChI is InChI=1S/C11H9BrN2/c1-8-2-3-9(6-13-8)11-5-4-10(12)7-14-11/h2-7H,1H3. The van der Waals surface area contributed by atoms with Crippen LogP contribution in [0.3, 0.4) is 0 Å². The molecule has 0 saturated carbocycles. The molecule has 2 aromatic rings. The van der Waals surface area contributed by atoms with Crippen LogP contribution in [0.2, 0.25) is 0 Å². The first-order valence-corrected chi connectivity index (χ1v) is 5.09. The monoisotopic (exact) mass is 248 g/mol. The summed E-state index contributed by atoms with van der Waals surface area (Å²) in [6.07, 6.45) is 3.63. The van der Waals surface area contributed by atoms with Crippen molar-refractivity contribution in [3.63, 3.8) is 0 Å². The number of aryl methyl sites for hydroxylation is 1. The van der Waals surface area contributed by atoms with E-state index in [1.165, 1.54) is 0 Å². The Balaban J connectivity index is 2.40. The van der Waals surface area contributed by atoms with Gasteiger partial charge in [-0.3, -0.25) is 9.97 Å². The molecule has 2 heterocycles. The number of hydrogen-bond donors (Lipinski definition) is 0. The summed E-state index contributed by atoms with van der Waals surface area (Å²) >= 11 is 3.35. The van der Waals surface area contributed by atoms with E-state index in [4.69, 9.17) is 0 Å². The second-order valence-electron chi connectivity index (χ2n) is 3.05. The van der Waals surface area contributed by atoms with Gasteiger partial charge in [-0.1, -0.05) is 0 Å². The number of hydrogen-bond acceptors (Lipinski definition) is 2. The summed E-state index contributed by atoms with van der Waals surface area (Å²) in [7, 11) is 0. The van der Waals surface area contributed by atoms with E-state index in [0.29, 0.717) is 0 Å². The predicted octanol–water partition coefficient (Wildman–Crippen LogP) is 3.21. The van der Waals surface area contributed by atoms with Gasteiger partial charge in [0.25, 0.3) is 0 Å². The van der Waals surface area contributed by atoms with Gasteiger partial charge in [-0.2, -0.15) is 0 Å². The van der Waals surface area contributed by atoms with Crippen molar-refractivity contribution in [3.8, 4) is 11.3 Å². The first-order valence-electron chi connectivity index (χ1n) is 4.30. The van der Waals surface area contributed by atoms with Gasteiger partial charge in [0.2, 0.25) is 0 Å². The van der Waals surface area contributed by atoms with Crippen LogP contribution in [0.25, 0.3) is 11.3 Å². The molecule has 0 radical (unpaired) electrons. The highest BCUT2D eigenvalue weighted by molar-refractivity contribution is 9.10. The molecule has 2 rings (SSSR count). The largest absolute Gasteiger partial charge is 0.261 e. The van der Waals surface area contributed by atoms with Crippen LogP contribution in [0.15, 0.2) is 41.1 Å². The molecule has 0 unspecified atom stereocenters. The predicted molar refractivity (Wildman–Crippen MR) is 59.9 cm³/mol. The van der Waals surface area contributed by atoms with E-state index in [2.05, 4.69) is 25.9 Å². The Morgan fingerprint density at radius 2 is 1.86 bits per heavy atom. The van der Waals surface area contributed by atoms with E-state index in [0.717, 1.165) is 21.4 Å². The first kappa shape index (κ1) is 9.34. The third kappa shape index (κ3) is 1.99. The molecule has 0 bridgehead atoms. The van der Waals surface area contributed by atoms with Crippen molar-refractivity contribution >= 4 is 15.9 Å². The Bertz CT molecular complexity index is 377. The van der Waals surface area contributed by atoms with Gasteiger partial charge in [0.05, 0.1) is 5.69 Å². The minimum absolute atomic E-state index is 0.945. The van der Waals surface area contributed by atoms with Crippen LogP contribution in [-0.2, 0) is 0 Å². The van der Waals surface area contributed by atoms with E-state index < -0.39 is 0 Å². The highest BCUT2D eigenvalue weighted by Crippen LogP contribution is 2.17. The van der Waals surface area contributed by atoms with Crippen molar-refractivity contribution in [2.24, 2.45) is 0 Å². The van der Waals surface area contributed by atoms with E-state index in [-0.39, 0.29) is 0 Å². The van der Waals surface area contributed by atoms with Crippen LogP contribution >= 0.6 is 15.9 Å². The Kier molecular flexibility index (Phi) is 2.59. The van der Waals surface area contributed by atoms with Gasteiger partial charge in [-0.15, -0.1) is 0 Å². The lowest BCUT2D eigenvalue weighted by molar-refractivity contribution is 1.19. The number of aromatic nitrogens is 2. The van der Waals surface area contributed by atoms with Gasteiger partial charge in [0.1, 0.15) is 0 Å². The zero-order chi connectivity index (χ0) is 9.97. The van der Waals surface area contributed by atoms with Gasteiger partial charge < -0.3 is 0 Å². The topological polar surface area (TPSA) is 25.8 Å². The van der Waals surface area contributed by atoms with Gasteiger partial charge in [-0.25, -0.2) is 0 Å². The molecular weight excluding hydrogens is 240 g/mol. The molecule has 0 amide bonds. The van der Waals surface area contributed by atoms with Crippen LogP contribution in [0.5, 0.6) is 0 Å². The molecule has 0 aromatic carbocycles. The molecule has 0 saturated heterocycles. The fraction of sp³-hybridized carbons (Fsp3) is 0.0909. The van der Waals surface area contributed by atoms with Gasteiger partial charge in [0, 0.05) is 28.1 Å². The summed E-state index contributed by atoms with van der Waals surface area (Å²) in [5, 5.41) is 0. The number of halogens is 1. The fourth-order valence-corrected chi connectivity index (χ4v) is 1.40. The van der Waals surface area contributed by atoms with E-state index in [1.54, 1.807) is 6.20 Å². The minimum atomic E-state index is 0.945. The SMILES string of the molecule is Cc1ccc(-c2ccc(Br)cn2)cn1. The first-order chi connectivity index (χ1) is 6.75. The maximum absolute atomic E-state index is 4.29. The van der Waals surface area contributed by atoms with Gasteiger partial charge in [0.15, 0.2) is 0 Å². The maximum atomic E-state index is 4.29. The van der Waals surface area contributed by atoms with Gasteiger partial charge >= 0.3 is 0 Å². The minimum Gasteiger partial charge on any atom is -0.261 e. The van der Waals surface area contributed by atoms with Crippen molar-refractivity contribution in [3.05, 3.63) is 46.8 Å². The lowest BCUT2D eigenvalue weighted by Crippen LogP contribution is -1.85. The van der Waals surface area contributed by atoms with E-state index >= 15 is 0 Å². The molecule has 2 aromatic heterocycles. The summed E-state index contributed by atoms with van der Waals surface area (Å²) in [5.74, 6) is 0. The second-order valence-corrected chi connectivity index (χ2v) is 3.97. The lowest BCUT2D eigenvalue weighted by atomic mass is 10.2. The Morgan fingerprint density at radius 3 is 2.43 bits per heavy atom. The molecule has 3 heteroatoms. The molecule has 0 aliphatic heterocycles. The summed E-state index contributed by atoms with van der Waals surface area (Å²) in [5.41, 5.74) is 3.01. The zero-order valence-corrected chi connectivity index (χ0v) is 9.32. The third-order valence-corrected chi connectivity index (χ3v) is 2.40. The van der Waals surface area contributed by atoms with Crippen LogP contribution in [0, 0.1) is 6.92 Å². The van der Waals surface area contributed by atoms with Crippen LogP contribution in [0.4, 0.5) is 0 Å². The molecule has 0 N–H and O–H groups in total. The van der Waals surface area contributed by atoms with Gasteiger partial charge in [-0.05, 0) is 47.1 Å². The highest BCUT2D eigenvalue weighted by atomic mass is 79.9. The molecule has 2 nitrogen and oxygen atoms in total. The average Bonchev–Trinajstić information content (AvgIpc) is 2.21. The van der Waals surface area contributed by atoms with E-state index in [1.807, 2.05) is 37.4 Å². The third-order valence-electron chi connectivity index (χ3n) is 1.93. The molecular formula is C11H9BrN2. The molecule has 0 fully saturated rings. The smallest absolute Gasteiger partial charge is 0.0718 e. The summed E-state index contributed by atoms with van der Waals surface area (Å²) in [6.45, 7) is 1.97. The van der Waals surface area contributed by atoms with Crippen molar-refractivity contribution < 1.29 is 0 Å². The van der Waals surface area contributed by atoms with Crippen LogP contribution in [-0.4, -0.2) is 9.97 Å². The highest BCUT2D eigenvalue weighted by Gasteiger charge is 1.98. The Hall–Kier alpha value is -1.22. The Morgan fingerprint density at radius 1 is 1.00 bits per heavy atom. The summed E-state index contributed by atoms with van der Waals surface area (Å²) < 4.78 is 0.987. The number of nitrogens with zero attached hydrogens (tertiary/aromatic N) is 2. The fourth-order valence-electron chi connectivity index (χ4n) is 1.17. The number of rotatable bonds is 1. The number of pyridine rings is 2. The second kappa shape index (κ2) is 3.88. The molecule has 0 spiro atoms. The molecule has 0 aliphatic carbocycles. The van der Waals surface area contributed by atoms with Crippen molar-refractivity contribution in [1.29, 1.82) is 0 Å². The summed E-state index contributed by atoms with van der Waals surface area (Å²) in [4.78, 5) is 8.52. The zero-order valence-electron chi connectivity index (χ0n) is 7.74. The average molecular weight is 249 g/mol. The molecule has 0 atom stereocenters. The molecule has 0 aliphatic rings. The molecule has 14 heavy (non-hydrogen) atoms.